The average Bonchev–Trinajstić information content (AvgIpc) is 3.21. The molecule has 194 valence electrons. The minimum Gasteiger partial charge on any atom is -0.490 e. The molecule has 2 aliphatic heterocycles. The van der Waals surface area contributed by atoms with Crippen LogP contribution in [0.1, 0.15) is 35.7 Å². The number of H-pyrrole nitrogens is 1. The standard InChI is InChI=1S/C27H36ClN3O3SSi/c1-36(2,3)17-16-35(32,33)31-14-11-22(12-15-31)34-21-7-4-19(5-8-21)26-27-23(10-13-29-26)24-18-20(28)6-9-25(24)30-27/h4-9,18,22,26,29-30H,10-17H2,1-3H3. The fourth-order valence-corrected chi connectivity index (χ4v) is 9.89. The van der Waals surface area contributed by atoms with E-state index in [2.05, 4.69) is 42.1 Å². The first kappa shape index (κ1) is 25.8. The number of hydrogen-bond donors (Lipinski definition) is 2. The first-order chi connectivity index (χ1) is 17.1. The number of benzene rings is 2. The maximum Gasteiger partial charge on any atom is 0.213 e. The van der Waals surface area contributed by atoms with Crippen LogP contribution in [0.15, 0.2) is 42.5 Å². The first-order valence-electron chi connectivity index (χ1n) is 12.9. The normalized spacial score (nSPS) is 19.9. The Morgan fingerprint density at radius 2 is 1.81 bits per heavy atom. The molecule has 0 aliphatic carbocycles. The third-order valence-electron chi connectivity index (χ3n) is 7.33. The zero-order chi connectivity index (χ0) is 25.5. The summed E-state index contributed by atoms with van der Waals surface area (Å²) < 4.78 is 33.4. The summed E-state index contributed by atoms with van der Waals surface area (Å²) in [5, 5.41) is 5.61. The highest BCUT2D eigenvalue weighted by Crippen LogP contribution is 2.35. The predicted octanol–water partition coefficient (Wildman–Crippen LogP) is 5.57. The highest BCUT2D eigenvalue weighted by Gasteiger charge is 2.30. The van der Waals surface area contributed by atoms with E-state index >= 15 is 0 Å². The highest BCUT2D eigenvalue weighted by atomic mass is 35.5. The van der Waals surface area contributed by atoms with E-state index in [4.69, 9.17) is 16.3 Å². The third kappa shape index (κ3) is 5.68. The summed E-state index contributed by atoms with van der Waals surface area (Å²) in [6, 6.07) is 15.2. The fourth-order valence-electron chi connectivity index (χ4n) is 5.21. The Labute approximate surface area is 220 Å². The lowest BCUT2D eigenvalue weighted by molar-refractivity contribution is 0.135. The summed E-state index contributed by atoms with van der Waals surface area (Å²) in [4.78, 5) is 3.60. The van der Waals surface area contributed by atoms with E-state index in [9.17, 15) is 8.42 Å². The summed E-state index contributed by atoms with van der Waals surface area (Å²) in [6.07, 6.45) is 2.45. The summed E-state index contributed by atoms with van der Waals surface area (Å²) >= 11 is 6.25. The molecule has 1 atom stereocenters. The Balaban J connectivity index is 1.21. The van der Waals surface area contributed by atoms with Crippen LogP contribution in [0.25, 0.3) is 10.9 Å². The van der Waals surface area contributed by atoms with Crippen LogP contribution < -0.4 is 10.1 Å². The summed E-state index contributed by atoms with van der Waals surface area (Å²) in [5.41, 5.74) is 4.84. The first-order valence-corrected chi connectivity index (χ1v) is 18.6. The van der Waals surface area contributed by atoms with Crippen molar-refractivity contribution in [2.75, 3.05) is 25.4 Å². The van der Waals surface area contributed by atoms with Crippen LogP contribution in [0.3, 0.4) is 0 Å². The molecule has 2 N–H and O–H groups in total. The van der Waals surface area contributed by atoms with Crippen molar-refractivity contribution in [3.05, 3.63) is 64.3 Å². The van der Waals surface area contributed by atoms with Crippen molar-refractivity contribution in [2.45, 2.75) is 57.1 Å². The topological polar surface area (TPSA) is 74.4 Å². The van der Waals surface area contributed by atoms with E-state index in [0.29, 0.717) is 13.1 Å². The van der Waals surface area contributed by atoms with E-state index in [1.807, 2.05) is 30.3 Å². The number of hydrogen-bond acceptors (Lipinski definition) is 4. The van der Waals surface area contributed by atoms with Gasteiger partial charge in [-0.05, 0) is 66.8 Å². The minimum absolute atomic E-state index is 0.0390. The molecule has 1 fully saturated rings. The molecule has 1 aromatic heterocycles. The molecule has 1 saturated heterocycles. The Bertz CT molecular complexity index is 1330. The SMILES string of the molecule is C[Si](C)(C)CCS(=O)(=O)N1CCC(Oc2ccc(C3NCCc4c3[nH]c3ccc(Cl)cc43)cc2)CC1. The molecule has 1 unspecified atom stereocenters. The van der Waals surface area contributed by atoms with E-state index in [1.165, 1.54) is 22.2 Å². The van der Waals surface area contributed by atoms with Crippen molar-refractivity contribution < 1.29 is 13.2 Å². The molecular weight excluding hydrogens is 510 g/mol. The molecule has 2 aromatic carbocycles. The molecule has 2 aliphatic rings. The molecule has 5 rings (SSSR count). The minimum atomic E-state index is -3.17. The van der Waals surface area contributed by atoms with Gasteiger partial charge in [-0.2, -0.15) is 0 Å². The van der Waals surface area contributed by atoms with Crippen LogP contribution in [0.2, 0.25) is 30.7 Å². The third-order valence-corrected chi connectivity index (χ3v) is 11.6. The van der Waals surface area contributed by atoms with Crippen molar-refractivity contribution in [3.63, 3.8) is 0 Å². The lowest BCUT2D eigenvalue weighted by atomic mass is 9.94. The molecule has 36 heavy (non-hydrogen) atoms. The zero-order valence-corrected chi connectivity index (χ0v) is 23.9. The number of ether oxygens (including phenoxy) is 1. The van der Waals surface area contributed by atoms with Crippen LogP contribution in [-0.4, -0.2) is 57.3 Å². The largest absolute Gasteiger partial charge is 0.490 e. The monoisotopic (exact) mass is 545 g/mol. The molecule has 0 amide bonds. The second-order valence-corrected chi connectivity index (χ2v) is 19.4. The van der Waals surface area contributed by atoms with Gasteiger partial charge in [0.05, 0.1) is 11.8 Å². The van der Waals surface area contributed by atoms with Gasteiger partial charge in [-0.15, -0.1) is 0 Å². The fraction of sp³-hybridized carbons (Fsp3) is 0.481. The Morgan fingerprint density at radius 1 is 1.08 bits per heavy atom. The van der Waals surface area contributed by atoms with Gasteiger partial charge >= 0.3 is 0 Å². The number of piperidine rings is 1. The van der Waals surface area contributed by atoms with Gasteiger partial charge in [0, 0.05) is 49.3 Å². The average molecular weight is 546 g/mol. The van der Waals surface area contributed by atoms with E-state index in [-0.39, 0.29) is 17.9 Å². The molecule has 0 radical (unpaired) electrons. The summed E-state index contributed by atoms with van der Waals surface area (Å²) in [7, 11) is -4.56. The maximum absolute atomic E-state index is 12.7. The van der Waals surface area contributed by atoms with Crippen LogP contribution in [-0.2, 0) is 16.4 Å². The van der Waals surface area contributed by atoms with Gasteiger partial charge in [0.1, 0.15) is 11.9 Å². The van der Waals surface area contributed by atoms with Gasteiger partial charge in [-0.3, -0.25) is 0 Å². The molecule has 9 heteroatoms. The maximum atomic E-state index is 12.7. The van der Waals surface area contributed by atoms with Gasteiger partial charge in [0.15, 0.2) is 0 Å². The van der Waals surface area contributed by atoms with Crippen molar-refractivity contribution >= 4 is 40.6 Å². The molecule has 0 saturated carbocycles. The number of nitrogens with zero attached hydrogens (tertiary/aromatic N) is 1. The summed E-state index contributed by atoms with van der Waals surface area (Å²) in [6.45, 7) is 8.63. The lowest BCUT2D eigenvalue weighted by Gasteiger charge is -2.32. The van der Waals surface area contributed by atoms with E-state index in [1.54, 1.807) is 4.31 Å². The number of aromatic amines is 1. The number of rotatable bonds is 7. The Kier molecular flexibility index (Phi) is 7.26. The Hall–Kier alpha value is -1.84. The quantitative estimate of drug-likeness (QED) is 0.381. The van der Waals surface area contributed by atoms with Crippen molar-refractivity contribution in [1.29, 1.82) is 0 Å². The van der Waals surface area contributed by atoms with Gasteiger partial charge in [0.2, 0.25) is 10.0 Å². The second-order valence-electron chi connectivity index (χ2n) is 11.3. The number of halogens is 1. The molecule has 3 heterocycles. The van der Waals surface area contributed by atoms with Crippen molar-refractivity contribution in [2.24, 2.45) is 0 Å². The number of nitrogens with one attached hydrogen (secondary N) is 2. The number of sulfonamides is 1. The lowest BCUT2D eigenvalue weighted by Crippen LogP contribution is -2.43. The van der Waals surface area contributed by atoms with Gasteiger partial charge in [-0.25, -0.2) is 12.7 Å². The molecule has 3 aromatic rings. The molecular formula is C27H36ClN3O3SSi. The molecule has 6 nitrogen and oxygen atoms in total. The Morgan fingerprint density at radius 3 is 2.50 bits per heavy atom. The highest BCUT2D eigenvalue weighted by molar-refractivity contribution is 7.89. The second kappa shape index (κ2) is 10.1. The van der Waals surface area contributed by atoms with Gasteiger partial charge in [0.25, 0.3) is 0 Å². The van der Waals surface area contributed by atoms with Crippen LogP contribution in [0.5, 0.6) is 5.75 Å². The smallest absolute Gasteiger partial charge is 0.213 e. The number of aromatic nitrogens is 1. The molecule has 0 spiro atoms. The summed E-state index contributed by atoms with van der Waals surface area (Å²) in [5.74, 6) is 1.11. The van der Waals surface area contributed by atoms with Crippen LogP contribution >= 0.6 is 11.6 Å². The predicted molar refractivity (Wildman–Crippen MR) is 150 cm³/mol. The van der Waals surface area contributed by atoms with E-state index in [0.717, 1.165) is 48.1 Å². The van der Waals surface area contributed by atoms with E-state index < -0.39 is 18.1 Å². The van der Waals surface area contributed by atoms with Crippen molar-refractivity contribution in [3.8, 4) is 5.75 Å². The number of fused-ring (bicyclic) bond motifs is 3. The zero-order valence-electron chi connectivity index (χ0n) is 21.3. The van der Waals surface area contributed by atoms with Gasteiger partial charge in [-0.1, -0.05) is 43.4 Å². The van der Waals surface area contributed by atoms with Crippen LogP contribution in [0.4, 0.5) is 0 Å². The molecule has 0 bridgehead atoms. The van der Waals surface area contributed by atoms with Crippen molar-refractivity contribution in [1.82, 2.24) is 14.6 Å². The van der Waals surface area contributed by atoms with Gasteiger partial charge < -0.3 is 15.0 Å². The van der Waals surface area contributed by atoms with Crippen LogP contribution in [0, 0.1) is 0 Å².